The molecular formula is C34H40F6N6O5S. The molecule has 3 aromatic heterocycles. The monoisotopic (exact) mass is 758 g/mol. The van der Waals surface area contributed by atoms with E-state index in [4.69, 9.17) is 14.3 Å². The van der Waals surface area contributed by atoms with Gasteiger partial charge in [0.05, 0.1) is 30.3 Å². The van der Waals surface area contributed by atoms with Gasteiger partial charge < -0.3 is 29.0 Å². The number of aromatic nitrogens is 2. The van der Waals surface area contributed by atoms with Crippen LogP contribution in [0.2, 0.25) is 0 Å². The molecular weight excluding hydrogens is 718 g/mol. The van der Waals surface area contributed by atoms with Gasteiger partial charge in [-0.2, -0.15) is 31.3 Å². The summed E-state index contributed by atoms with van der Waals surface area (Å²) in [5, 5.41) is 2.75. The van der Waals surface area contributed by atoms with Crippen LogP contribution in [-0.4, -0.2) is 113 Å². The second-order valence-electron chi connectivity index (χ2n) is 12.7. The summed E-state index contributed by atoms with van der Waals surface area (Å²) in [5.74, 6) is -1.16. The normalized spacial score (nSPS) is 20.2. The number of piperidine rings is 1. The second kappa shape index (κ2) is 16.2. The number of pyridine rings is 2. The molecule has 2 amide bonds. The molecule has 0 bridgehead atoms. The number of ether oxygens (including phenoxy) is 2. The zero-order chi connectivity index (χ0) is 37.7. The number of piperazine rings is 1. The summed E-state index contributed by atoms with van der Waals surface area (Å²) in [6.45, 7) is 3.56. The molecule has 2 fully saturated rings. The molecule has 5 rings (SSSR count). The maximum absolute atomic E-state index is 14.7. The fourth-order valence-corrected chi connectivity index (χ4v) is 7.02. The molecule has 0 unspecified atom stereocenters. The molecule has 11 nitrogen and oxygen atoms in total. The lowest BCUT2D eigenvalue weighted by Gasteiger charge is -2.50. The molecule has 0 aliphatic carbocycles. The lowest BCUT2D eigenvalue weighted by Crippen LogP contribution is -2.69. The third kappa shape index (κ3) is 9.06. The first-order valence-corrected chi connectivity index (χ1v) is 17.6. The van der Waals surface area contributed by atoms with E-state index in [0.717, 1.165) is 23.8 Å². The molecule has 0 saturated carbocycles. The molecule has 2 aliphatic rings. The van der Waals surface area contributed by atoms with Crippen molar-refractivity contribution in [1.29, 1.82) is 0 Å². The molecule has 52 heavy (non-hydrogen) atoms. The van der Waals surface area contributed by atoms with Crippen molar-refractivity contribution in [2.45, 2.75) is 56.6 Å². The Labute approximate surface area is 301 Å². The number of alkyl halides is 6. The highest BCUT2D eigenvalue weighted by Crippen LogP contribution is 2.42. The number of likely N-dealkylation sites (tertiary alicyclic amines) is 1. The van der Waals surface area contributed by atoms with Crippen molar-refractivity contribution in [3.63, 3.8) is 0 Å². The van der Waals surface area contributed by atoms with E-state index in [-0.39, 0.29) is 63.6 Å². The Balaban J connectivity index is 1.41. The van der Waals surface area contributed by atoms with Crippen molar-refractivity contribution in [1.82, 2.24) is 29.7 Å². The summed E-state index contributed by atoms with van der Waals surface area (Å²) in [4.78, 5) is 46.5. The Kier molecular flexibility index (Phi) is 12.2. The first-order valence-electron chi connectivity index (χ1n) is 16.8. The van der Waals surface area contributed by atoms with E-state index in [0.29, 0.717) is 42.9 Å². The smallest absolute Gasteiger partial charge is 0.425 e. The number of amides is 2. The van der Waals surface area contributed by atoms with Crippen LogP contribution in [0.25, 0.3) is 0 Å². The third-order valence-corrected chi connectivity index (χ3v) is 9.75. The molecule has 284 valence electrons. The predicted octanol–water partition coefficient (Wildman–Crippen LogP) is 5.88. The number of hydroxylamine groups is 2. The molecule has 0 N–H and O–H groups in total. The Morgan fingerprint density at radius 1 is 1.02 bits per heavy atom. The van der Waals surface area contributed by atoms with Gasteiger partial charge in [-0.15, -0.1) is 16.4 Å². The largest absolute Gasteiger partial charge is 0.476 e. The van der Waals surface area contributed by atoms with Crippen LogP contribution in [0.4, 0.5) is 26.3 Å². The van der Waals surface area contributed by atoms with Gasteiger partial charge in [-0.25, -0.2) is 0 Å². The quantitative estimate of drug-likeness (QED) is 0.210. The van der Waals surface area contributed by atoms with Gasteiger partial charge in [-0.1, -0.05) is 19.4 Å². The van der Waals surface area contributed by atoms with Gasteiger partial charge in [-0.3, -0.25) is 14.6 Å². The van der Waals surface area contributed by atoms with Crippen molar-refractivity contribution >= 4 is 23.2 Å². The standard InChI is InChI=1S/C34H40F6N6O5S/c1-4-7-26-32(50-23-20-27(52-22-23)34(38,39)40,11-6-13-46(26)30(47)24-21-41-12-10-25(24)33(35,36)37)31(48)44-14-16-45(17-15-44)51-29-9-5-8-28(42-29)49-19-18-43(2)3/h5,8-10,12,20-22,26H,4,6-7,11,13-19H2,1-3H3/t26-,32+/m1/s1. The first-order chi connectivity index (χ1) is 24.6. The minimum Gasteiger partial charge on any atom is -0.476 e. The topological polar surface area (TPSA) is 101 Å². The van der Waals surface area contributed by atoms with Crippen molar-refractivity contribution in [2.75, 3.05) is 60.0 Å². The predicted molar refractivity (Wildman–Crippen MR) is 178 cm³/mol. The lowest BCUT2D eigenvalue weighted by molar-refractivity contribution is -0.166. The van der Waals surface area contributed by atoms with Crippen LogP contribution in [0.1, 0.15) is 53.4 Å². The SMILES string of the molecule is CCC[C@H]1N(C(=O)c2cnccc2C(F)(F)F)CCC[C@@]1(Oc1csc(C(F)(F)F)c1)C(=O)N1CCN(Oc2cccc(OCCN(C)C)n2)CC1. The number of halogens is 6. The van der Waals surface area contributed by atoms with Crippen LogP contribution in [0.15, 0.2) is 48.1 Å². The molecule has 3 aromatic rings. The van der Waals surface area contributed by atoms with Crippen molar-refractivity contribution in [3.8, 4) is 17.5 Å². The van der Waals surface area contributed by atoms with Crippen LogP contribution >= 0.6 is 11.3 Å². The summed E-state index contributed by atoms with van der Waals surface area (Å²) < 4.78 is 94.8. The highest BCUT2D eigenvalue weighted by molar-refractivity contribution is 7.10. The number of hydrogen-bond acceptors (Lipinski definition) is 10. The zero-order valence-electron chi connectivity index (χ0n) is 28.9. The van der Waals surface area contributed by atoms with E-state index >= 15 is 0 Å². The van der Waals surface area contributed by atoms with E-state index in [1.165, 1.54) is 9.80 Å². The Hall–Kier alpha value is -4.16. The summed E-state index contributed by atoms with van der Waals surface area (Å²) in [7, 11) is 3.84. The van der Waals surface area contributed by atoms with Crippen molar-refractivity contribution < 1.29 is 50.2 Å². The molecule has 2 atom stereocenters. The van der Waals surface area contributed by atoms with E-state index in [2.05, 4.69) is 9.97 Å². The molecule has 2 saturated heterocycles. The van der Waals surface area contributed by atoms with E-state index < -0.39 is 51.8 Å². The van der Waals surface area contributed by atoms with E-state index in [9.17, 15) is 35.9 Å². The van der Waals surface area contributed by atoms with Gasteiger partial charge in [0.1, 0.15) is 17.2 Å². The maximum atomic E-state index is 14.7. The van der Waals surface area contributed by atoms with Crippen LogP contribution in [0, 0.1) is 0 Å². The number of nitrogens with zero attached hydrogens (tertiary/aromatic N) is 6. The molecule has 0 aromatic carbocycles. The summed E-state index contributed by atoms with van der Waals surface area (Å²) in [6, 6.07) is 5.48. The highest BCUT2D eigenvalue weighted by atomic mass is 32.1. The van der Waals surface area contributed by atoms with E-state index in [1.54, 1.807) is 30.2 Å². The number of thiophene rings is 1. The second-order valence-corrected chi connectivity index (χ2v) is 13.7. The summed E-state index contributed by atoms with van der Waals surface area (Å²) in [5.41, 5.74) is -3.78. The molecule has 0 radical (unpaired) electrons. The molecule has 2 aliphatic heterocycles. The minimum absolute atomic E-state index is 0.00192. The van der Waals surface area contributed by atoms with Gasteiger partial charge in [-0.05, 0) is 33.0 Å². The fraction of sp³-hybridized carbons (Fsp3) is 0.529. The van der Waals surface area contributed by atoms with Gasteiger partial charge in [0.25, 0.3) is 11.8 Å². The van der Waals surface area contributed by atoms with Crippen LogP contribution < -0.4 is 14.3 Å². The number of carbonyl (C=O) groups excluding carboxylic acids is 2. The number of likely N-dealkylation sites (N-methyl/N-ethyl adjacent to an activating group) is 1. The summed E-state index contributed by atoms with van der Waals surface area (Å²) in [6.07, 6.45) is -7.11. The van der Waals surface area contributed by atoms with Crippen LogP contribution in [0.3, 0.4) is 0 Å². The van der Waals surface area contributed by atoms with Crippen LogP contribution in [0.5, 0.6) is 17.5 Å². The lowest BCUT2D eigenvalue weighted by atomic mass is 9.79. The zero-order valence-corrected chi connectivity index (χ0v) is 29.7. The molecule has 18 heteroatoms. The van der Waals surface area contributed by atoms with Crippen LogP contribution in [-0.2, 0) is 17.1 Å². The van der Waals surface area contributed by atoms with Gasteiger partial charge in [0.15, 0.2) is 0 Å². The average Bonchev–Trinajstić information content (AvgIpc) is 3.58. The number of rotatable bonds is 12. The Morgan fingerprint density at radius 3 is 2.40 bits per heavy atom. The Bertz CT molecular complexity index is 1680. The van der Waals surface area contributed by atoms with E-state index in [1.807, 2.05) is 19.0 Å². The summed E-state index contributed by atoms with van der Waals surface area (Å²) >= 11 is 0.393. The molecule has 5 heterocycles. The third-order valence-electron chi connectivity index (χ3n) is 8.79. The van der Waals surface area contributed by atoms with Gasteiger partial charge >= 0.3 is 12.4 Å². The van der Waals surface area contributed by atoms with Crippen molar-refractivity contribution in [3.05, 3.63) is 64.1 Å². The maximum Gasteiger partial charge on any atom is 0.425 e. The number of hydrogen-bond donors (Lipinski definition) is 0. The fourth-order valence-electron chi connectivity index (χ4n) is 6.34. The first kappa shape index (κ1) is 39.1. The molecule has 0 spiro atoms. The Morgan fingerprint density at radius 2 is 1.75 bits per heavy atom. The van der Waals surface area contributed by atoms with Gasteiger partial charge in [0, 0.05) is 68.6 Å². The minimum atomic E-state index is -4.87. The van der Waals surface area contributed by atoms with Crippen molar-refractivity contribution in [2.24, 2.45) is 0 Å². The number of carbonyl (C=O) groups is 2. The van der Waals surface area contributed by atoms with Gasteiger partial charge in [0.2, 0.25) is 17.4 Å². The average molecular weight is 759 g/mol. The highest BCUT2D eigenvalue weighted by Gasteiger charge is 2.56.